The molecule has 12 rings (SSSR count). The first kappa shape index (κ1) is 84.7. The van der Waals surface area contributed by atoms with Crippen molar-refractivity contribution in [3.8, 4) is 17.2 Å². The molecule has 3 aliphatic rings. The van der Waals surface area contributed by atoms with E-state index in [2.05, 4.69) is 15.0 Å². The maximum absolute atomic E-state index is 13.3. The summed E-state index contributed by atoms with van der Waals surface area (Å²) in [6.45, 7) is 11.0. The van der Waals surface area contributed by atoms with Crippen molar-refractivity contribution in [2.75, 3.05) is 57.4 Å². The van der Waals surface area contributed by atoms with Gasteiger partial charge >= 0.3 is 35.6 Å². The third-order valence-corrected chi connectivity index (χ3v) is 21.1. The summed E-state index contributed by atoms with van der Waals surface area (Å²) in [4.78, 5) is 174. The third-order valence-electron chi connectivity index (χ3n) is 17.7. The number of aliphatic carboxylic acids is 1. The number of esters is 3. The van der Waals surface area contributed by atoms with Crippen molar-refractivity contribution < 1.29 is 112 Å². The molecule has 35 nitrogen and oxygen atoms in total. The summed E-state index contributed by atoms with van der Waals surface area (Å²) in [5, 5.41) is 74.8. The predicted octanol–water partition coefficient (Wildman–Crippen LogP) is 12.4. The predicted molar refractivity (Wildman–Crippen MR) is 415 cm³/mol. The van der Waals surface area contributed by atoms with Gasteiger partial charge in [-0.3, -0.25) is 78.6 Å². The molecule has 3 amide bonds. The van der Waals surface area contributed by atoms with Gasteiger partial charge in [0.15, 0.2) is 15.4 Å². The lowest BCUT2D eigenvalue weighted by Gasteiger charge is -2.23. The highest BCUT2D eigenvalue weighted by Crippen LogP contribution is 2.49. The first-order chi connectivity index (χ1) is 54.5. The van der Waals surface area contributed by atoms with Crippen LogP contribution in [0.4, 0.5) is 32.5 Å². The van der Waals surface area contributed by atoms with Crippen LogP contribution in [0.1, 0.15) is 121 Å². The Morgan fingerprint density at radius 3 is 0.783 bits per heavy atom. The number of carbonyl (C=O) groups is 10. The van der Waals surface area contributed by atoms with Crippen LogP contribution in [-0.4, -0.2) is 152 Å². The highest BCUT2D eigenvalue weighted by molar-refractivity contribution is 7.18. The normalized spacial score (nSPS) is 16.3. The van der Waals surface area contributed by atoms with E-state index in [1.807, 2.05) is 0 Å². The second kappa shape index (κ2) is 35.4. The smallest absolute Gasteiger partial charge is 0.350 e. The van der Waals surface area contributed by atoms with Gasteiger partial charge in [-0.25, -0.2) is 29.3 Å². The molecule has 38 heteroatoms. The molecule has 3 unspecified atom stereocenters. The van der Waals surface area contributed by atoms with Gasteiger partial charge in [0.2, 0.25) is 0 Å². The van der Waals surface area contributed by atoms with E-state index in [0.717, 1.165) is 55.6 Å². The monoisotopic (exact) mass is 1630 g/mol. The van der Waals surface area contributed by atoms with Crippen LogP contribution in [0.5, 0.6) is 17.2 Å². The van der Waals surface area contributed by atoms with Gasteiger partial charge < -0.3 is 48.8 Å². The molecule has 115 heavy (non-hydrogen) atoms. The van der Waals surface area contributed by atoms with E-state index >= 15 is 0 Å². The van der Waals surface area contributed by atoms with Crippen molar-refractivity contribution in [2.24, 2.45) is 0 Å². The summed E-state index contributed by atoms with van der Waals surface area (Å²) in [6, 6.07) is 26.6. The fraction of sp³-hybridized carbons (Fsp3) is 0.208. The van der Waals surface area contributed by atoms with Gasteiger partial charge in [-0.1, -0.05) is 34.0 Å². The number of aliphatic hydroxyl groups excluding tert-OH is 3. The molecule has 9 aromatic rings. The summed E-state index contributed by atoms with van der Waals surface area (Å²) in [5.74, 6) is -8.22. The number of anilines is 3. The lowest BCUT2D eigenvalue weighted by Crippen LogP contribution is -2.29. The zero-order valence-electron chi connectivity index (χ0n) is 62.9. The van der Waals surface area contributed by atoms with E-state index in [-0.39, 0.29) is 80.5 Å². The van der Waals surface area contributed by atoms with Crippen molar-refractivity contribution in [3.63, 3.8) is 0 Å². The van der Waals surface area contributed by atoms with E-state index in [4.69, 9.17) is 38.3 Å². The van der Waals surface area contributed by atoms with Crippen molar-refractivity contribution in [1.29, 1.82) is 0 Å². The van der Waals surface area contributed by atoms with Crippen LogP contribution in [-0.2, 0) is 47.8 Å². The van der Waals surface area contributed by atoms with Crippen LogP contribution in [0.3, 0.4) is 0 Å². The Hall–Kier alpha value is -14.3. The minimum atomic E-state index is -1.17. The number of aromatic nitrogens is 3. The Morgan fingerprint density at radius 2 is 0.600 bits per heavy atom. The number of amides is 3. The molecule has 594 valence electrons. The highest BCUT2D eigenvalue weighted by Gasteiger charge is 2.52. The molecule has 3 atom stereocenters. The summed E-state index contributed by atoms with van der Waals surface area (Å²) in [7, 11) is 8.13. The molecule has 6 heterocycles. The molecule has 3 aromatic heterocycles. The molecule has 4 N–H and O–H groups in total. The van der Waals surface area contributed by atoms with Crippen LogP contribution in [0, 0.1) is 71.9 Å². The van der Waals surface area contributed by atoms with Crippen molar-refractivity contribution in [3.05, 3.63) is 256 Å². The minimum Gasteiger partial charge on any atom is -0.507 e. The topological polar surface area (TPSA) is 485 Å². The number of rotatable bonds is 18. The Balaban J connectivity index is 0.000000193. The van der Waals surface area contributed by atoms with E-state index < -0.39 is 109 Å². The number of Topliss-reactive ketones (excluding diaryl/α,β-unsaturated/α-hetero) is 3. The number of ether oxygens (including phenoxy) is 6. The van der Waals surface area contributed by atoms with Crippen LogP contribution >= 0.6 is 34.0 Å². The number of nitro benzene ring substituents is 3. The SMILES string of the molecule is CC(=O)O.COC(=O)c1sc(N2C(=O)C(=O)C(=C(O)c3ccc(OC)c(C)c3)C2c2ccc([N+](=O)[O-])cc2)nc1C.COC(=O)c1sc(N2C(=O)C(=O)C(=C(O)c3ccc(OC)c(C)c3)C2c2ccc([N+](=O)[O-])cc2)nc1C.COC(=O)c1sc(N2C(=O)C(=O)C(=C(O)c3ccc(OC)c(C)c3)C2c2ccc([N+](=O)[O-])cc2)nc1C. The molecule has 6 aromatic carbocycles. The molecular weight excluding hydrogens is 1560 g/mol. The number of benzene rings is 6. The number of methoxy groups -OCH3 is 6. The number of aryl methyl sites for hydroxylation is 6. The summed E-state index contributed by atoms with van der Waals surface area (Å²) >= 11 is 2.57. The number of hydrogen-bond donors (Lipinski definition) is 4. The van der Waals surface area contributed by atoms with E-state index in [0.29, 0.717) is 67.7 Å². The number of carboxylic acids is 1. The fourth-order valence-electron chi connectivity index (χ4n) is 12.2. The number of non-ortho nitro benzene ring substituents is 3. The second-order valence-corrected chi connectivity index (χ2v) is 27.8. The maximum atomic E-state index is 13.3. The van der Waals surface area contributed by atoms with Crippen molar-refractivity contribution >= 4 is 143 Å². The number of carboxylic acid groups (broad SMARTS) is 1. The largest absolute Gasteiger partial charge is 0.507 e. The standard InChI is InChI=1S/3C25H21N3O8S.C2H4O2/c3*1-12-11-15(7-10-17(12)35-3)20(29)18-19(14-5-8-16(9-6-14)28(33)34)27(23(31)21(18)30)25-26-13(2)22(37-25)24(32)36-4;1-2(3)4/h3*5-11,19,29H,1-4H3;1H3,(H,3,4). The Labute approximate surface area is 663 Å². The molecule has 3 saturated heterocycles. The molecule has 0 saturated carbocycles. The minimum absolute atomic E-state index is 0.0355. The number of nitrogens with zero attached hydrogens (tertiary/aromatic N) is 9. The lowest BCUT2D eigenvalue weighted by molar-refractivity contribution is -0.385. The zero-order valence-corrected chi connectivity index (χ0v) is 65.3. The average molecular weight is 1630 g/mol. The molecule has 3 fully saturated rings. The van der Waals surface area contributed by atoms with Crippen LogP contribution in [0.25, 0.3) is 17.3 Å². The lowest BCUT2D eigenvalue weighted by atomic mass is 9.94. The van der Waals surface area contributed by atoms with Crippen molar-refractivity contribution in [2.45, 2.75) is 66.6 Å². The van der Waals surface area contributed by atoms with Gasteiger partial charge in [-0.15, -0.1) is 0 Å². The molecular formula is C77H67N9O26S3. The number of carbonyl (C=O) groups excluding carboxylic acids is 9. The van der Waals surface area contributed by atoms with Gasteiger partial charge in [-0.05, 0) is 166 Å². The quantitative estimate of drug-likeness (QED) is 0.0118. The molecule has 0 bridgehead atoms. The average Bonchev–Trinajstić information content (AvgIpc) is 1.60. The molecule has 0 spiro atoms. The summed E-state index contributed by atoms with van der Waals surface area (Å²) in [5.41, 5.74) is 3.48. The van der Waals surface area contributed by atoms with Crippen LogP contribution in [0.15, 0.2) is 144 Å². The number of aliphatic hydroxyl groups is 3. The van der Waals surface area contributed by atoms with Crippen LogP contribution < -0.4 is 28.9 Å². The van der Waals surface area contributed by atoms with Crippen LogP contribution in [0.2, 0.25) is 0 Å². The molecule has 3 aliphatic heterocycles. The zero-order chi connectivity index (χ0) is 84.6. The van der Waals surface area contributed by atoms with E-state index in [9.17, 15) is 88.8 Å². The Morgan fingerprint density at radius 1 is 0.383 bits per heavy atom. The second-order valence-electron chi connectivity index (χ2n) is 24.8. The van der Waals surface area contributed by atoms with Gasteiger partial charge in [-0.2, -0.15) is 0 Å². The first-order valence-corrected chi connectivity index (χ1v) is 35.9. The number of ketones is 3. The third kappa shape index (κ3) is 17.3. The number of thiazole rings is 3. The van der Waals surface area contributed by atoms with Gasteiger partial charge in [0.1, 0.15) is 49.2 Å². The Bertz CT molecular complexity index is 5070. The van der Waals surface area contributed by atoms with Gasteiger partial charge in [0, 0.05) is 60.0 Å². The number of hydrogen-bond acceptors (Lipinski definition) is 31. The maximum Gasteiger partial charge on any atom is 0.350 e. The van der Waals surface area contributed by atoms with E-state index in [1.54, 1.807) is 96.1 Å². The molecule has 0 radical (unpaired) electrons. The van der Waals surface area contributed by atoms with Gasteiger partial charge in [0.05, 0.1) is 109 Å². The van der Waals surface area contributed by atoms with E-state index in [1.165, 1.54) is 115 Å². The van der Waals surface area contributed by atoms with Crippen molar-refractivity contribution in [1.82, 2.24) is 15.0 Å². The van der Waals surface area contributed by atoms with Gasteiger partial charge in [0.25, 0.3) is 40.4 Å². The summed E-state index contributed by atoms with van der Waals surface area (Å²) in [6.07, 6.45) is 0. The fourth-order valence-corrected chi connectivity index (χ4v) is 15.3. The molecule has 0 aliphatic carbocycles. The number of nitro groups is 3. The highest BCUT2D eigenvalue weighted by atomic mass is 32.1. The Kier molecular flexibility index (Phi) is 26.1. The summed E-state index contributed by atoms with van der Waals surface area (Å²) < 4.78 is 30.1. The first-order valence-electron chi connectivity index (χ1n) is 33.5.